The zero-order chi connectivity index (χ0) is 25.3. The number of hydrogen-bond donors (Lipinski definition) is 1. The standard InChI is InChI=1S/C26H25F4N5O/c27-25(28)26(29,30)16-34-10-8-17-1-3-21(11-19(17)14-34)33-24(36)6-2-18-12-31-9-7-23(18)20-13-32-35(15-20)22-4-5-22/h1-3,6-7,9,11-13,15,22,25H,4-5,8,10,14,16H2,(H,33,36). The minimum Gasteiger partial charge on any atom is -0.323 e. The van der Waals surface area contributed by atoms with Crippen molar-refractivity contribution in [1.29, 1.82) is 0 Å². The lowest BCUT2D eigenvalue weighted by Crippen LogP contribution is -2.43. The minimum atomic E-state index is -4.06. The zero-order valence-corrected chi connectivity index (χ0v) is 19.4. The van der Waals surface area contributed by atoms with E-state index in [0.717, 1.165) is 40.7 Å². The number of amides is 1. The number of fused-ring (bicyclic) bond motifs is 1. The molecule has 1 fully saturated rings. The SMILES string of the molecule is O=C(C=Cc1cnccc1-c1cnn(C2CC2)c1)Nc1ccc2c(c1)CN(CC(F)(F)C(F)F)CC2. The van der Waals surface area contributed by atoms with Crippen LogP contribution in [0.1, 0.15) is 35.6 Å². The summed E-state index contributed by atoms with van der Waals surface area (Å²) in [6.07, 6.45) is 9.29. The van der Waals surface area contributed by atoms with Crippen LogP contribution < -0.4 is 5.32 Å². The van der Waals surface area contributed by atoms with E-state index in [-0.39, 0.29) is 19.0 Å². The summed E-state index contributed by atoms with van der Waals surface area (Å²) in [6, 6.07) is 7.62. The van der Waals surface area contributed by atoms with Crippen molar-refractivity contribution < 1.29 is 22.4 Å². The third kappa shape index (κ3) is 5.48. The lowest BCUT2D eigenvalue weighted by Gasteiger charge is -2.31. The van der Waals surface area contributed by atoms with E-state index in [0.29, 0.717) is 18.2 Å². The smallest absolute Gasteiger partial charge is 0.319 e. The summed E-state index contributed by atoms with van der Waals surface area (Å²) in [5.74, 6) is -4.43. The first-order valence-electron chi connectivity index (χ1n) is 11.8. The van der Waals surface area contributed by atoms with E-state index in [1.54, 1.807) is 36.8 Å². The van der Waals surface area contributed by atoms with Gasteiger partial charge in [0.1, 0.15) is 0 Å². The van der Waals surface area contributed by atoms with Gasteiger partial charge < -0.3 is 5.32 Å². The summed E-state index contributed by atoms with van der Waals surface area (Å²) in [5.41, 5.74) is 4.81. The summed E-state index contributed by atoms with van der Waals surface area (Å²) in [6.45, 7) is -0.613. The van der Waals surface area contributed by atoms with Gasteiger partial charge >= 0.3 is 12.3 Å². The van der Waals surface area contributed by atoms with Gasteiger partial charge in [-0.05, 0) is 60.2 Å². The van der Waals surface area contributed by atoms with Gasteiger partial charge in [0, 0.05) is 54.6 Å². The second-order valence-electron chi connectivity index (χ2n) is 9.23. The van der Waals surface area contributed by atoms with Crippen LogP contribution in [0.15, 0.2) is 55.1 Å². The van der Waals surface area contributed by atoms with Gasteiger partial charge in [-0.15, -0.1) is 0 Å². The lowest BCUT2D eigenvalue weighted by atomic mass is 9.98. The molecule has 188 valence electrons. The second kappa shape index (κ2) is 9.85. The van der Waals surface area contributed by atoms with Gasteiger partial charge in [0.2, 0.25) is 5.91 Å². The molecule has 1 aliphatic carbocycles. The number of carbonyl (C=O) groups excluding carboxylic acids is 1. The lowest BCUT2D eigenvalue weighted by molar-refractivity contribution is -0.143. The van der Waals surface area contributed by atoms with Crippen LogP contribution in [-0.2, 0) is 17.8 Å². The maximum absolute atomic E-state index is 13.5. The highest BCUT2D eigenvalue weighted by Gasteiger charge is 2.42. The monoisotopic (exact) mass is 499 g/mol. The Labute approximate surface area is 205 Å². The quantitative estimate of drug-likeness (QED) is 0.342. The van der Waals surface area contributed by atoms with E-state index < -0.39 is 18.9 Å². The molecule has 1 aliphatic heterocycles. The Bertz CT molecular complexity index is 1280. The van der Waals surface area contributed by atoms with Crippen LogP contribution in [0.3, 0.4) is 0 Å². The molecule has 5 rings (SSSR count). The van der Waals surface area contributed by atoms with Gasteiger partial charge in [-0.1, -0.05) is 6.07 Å². The predicted molar refractivity (Wildman–Crippen MR) is 128 cm³/mol. The fourth-order valence-corrected chi connectivity index (χ4v) is 4.36. The van der Waals surface area contributed by atoms with E-state index in [2.05, 4.69) is 15.4 Å². The number of aromatic nitrogens is 3. The molecular weight excluding hydrogens is 474 g/mol. The van der Waals surface area contributed by atoms with E-state index in [1.165, 1.54) is 11.0 Å². The molecule has 36 heavy (non-hydrogen) atoms. The Morgan fingerprint density at radius 1 is 1.19 bits per heavy atom. The van der Waals surface area contributed by atoms with Crippen molar-refractivity contribution in [2.45, 2.75) is 44.2 Å². The van der Waals surface area contributed by atoms with Crippen molar-refractivity contribution in [3.63, 3.8) is 0 Å². The van der Waals surface area contributed by atoms with Crippen LogP contribution in [0.4, 0.5) is 23.2 Å². The molecule has 0 saturated heterocycles. The number of rotatable bonds is 8. The second-order valence-corrected chi connectivity index (χ2v) is 9.23. The Balaban J connectivity index is 1.25. The van der Waals surface area contributed by atoms with Crippen molar-refractivity contribution in [1.82, 2.24) is 19.7 Å². The highest BCUT2D eigenvalue weighted by Crippen LogP contribution is 2.35. The molecule has 1 saturated carbocycles. The number of pyridine rings is 1. The van der Waals surface area contributed by atoms with Crippen LogP contribution in [0.25, 0.3) is 17.2 Å². The molecule has 3 aromatic rings. The van der Waals surface area contributed by atoms with Gasteiger partial charge in [0.15, 0.2) is 0 Å². The number of hydrogen-bond acceptors (Lipinski definition) is 4. The maximum atomic E-state index is 13.5. The van der Waals surface area contributed by atoms with Crippen molar-refractivity contribution >= 4 is 17.7 Å². The number of carbonyl (C=O) groups is 1. The normalized spacial score (nSPS) is 16.5. The number of halogens is 4. The van der Waals surface area contributed by atoms with E-state index >= 15 is 0 Å². The Hall–Kier alpha value is -3.53. The molecule has 1 N–H and O–H groups in total. The van der Waals surface area contributed by atoms with Crippen LogP contribution in [0.5, 0.6) is 0 Å². The largest absolute Gasteiger partial charge is 0.323 e. The molecular formula is C26H25F4N5O. The highest BCUT2D eigenvalue weighted by atomic mass is 19.3. The van der Waals surface area contributed by atoms with E-state index in [9.17, 15) is 22.4 Å². The van der Waals surface area contributed by atoms with Crippen molar-refractivity contribution in [2.24, 2.45) is 0 Å². The van der Waals surface area contributed by atoms with Gasteiger partial charge in [-0.25, -0.2) is 8.78 Å². The molecule has 0 radical (unpaired) electrons. The summed E-state index contributed by atoms with van der Waals surface area (Å²) in [4.78, 5) is 18.1. The van der Waals surface area contributed by atoms with Gasteiger partial charge in [-0.2, -0.15) is 13.9 Å². The predicted octanol–water partition coefficient (Wildman–Crippen LogP) is 5.19. The van der Waals surface area contributed by atoms with E-state index in [1.807, 2.05) is 23.0 Å². The molecule has 0 spiro atoms. The van der Waals surface area contributed by atoms with Gasteiger partial charge in [0.05, 0.1) is 18.8 Å². The molecule has 6 nitrogen and oxygen atoms in total. The third-order valence-corrected chi connectivity index (χ3v) is 6.42. The third-order valence-electron chi connectivity index (χ3n) is 6.42. The van der Waals surface area contributed by atoms with Crippen molar-refractivity contribution in [3.05, 3.63) is 71.8 Å². The molecule has 0 bridgehead atoms. The molecule has 3 heterocycles. The zero-order valence-electron chi connectivity index (χ0n) is 19.4. The van der Waals surface area contributed by atoms with Crippen molar-refractivity contribution in [3.8, 4) is 11.1 Å². The average Bonchev–Trinajstić information content (AvgIpc) is 3.59. The number of alkyl halides is 4. The Kier molecular flexibility index (Phi) is 6.61. The first kappa shape index (κ1) is 24.2. The first-order valence-corrected chi connectivity index (χ1v) is 11.8. The molecule has 2 aromatic heterocycles. The summed E-state index contributed by atoms with van der Waals surface area (Å²) in [5, 5.41) is 7.21. The van der Waals surface area contributed by atoms with Gasteiger partial charge in [0.25, 0.3) is 0 Å². The first-order chi connectivity index (χ1) is 17.3. The average molecular weight is 500 g/mol. The van der Waals surface area contributed by atoms with Crippen LogP contribution >= 0.6 is 0 Å². The fraction of sp³-hybridized carbons (Fsp3) is 0.346. The topological polar surface area (TPSA) is 63.1 Å². The van der Waals surface area contributed by atoms with E-state index in [4.69, 9.17) is 0 Å². The number of nitrogens with one attached hydrogen (secondary N) is 1. The highest BCUT2D eigenvalue weighted by molar-refractivity contribution is 6.02. The van der Waals surface area contributed by atoms with Crippen LogP contribution in [0.2, 0.25) is 0 Å². The van der Waals surface area contributed by atoms with Gasteiger partial charge in [-0.3, -0.25) is 19.4 Å². The molecule has 10 heteroatoms. The fourth-order valence-electron chi connectivity index (χ4n) is 4.36. The number of anilines is 1. The Morgan fingerprint density at radius 2 is 2.03 bits per heavy atom. The maximum Gasteiger partial charge on any atom is 0.319 e. The molecule has 1 aromatic carbocycles. The molecule has 2 aliphatic rings. The van der Waals surface area contributed by atoms with Crippen LogP contribution in [0, 0.1) is 0 Å². The summed E-state index contributed by atoms with van der Waals surface area (Å²) < 4.78 is 54.1. The molecule has 0 atom stereocenters. The Morgan fingerprint density at radius 3 is 2.81 bits per heavy atom. The molecule has 1 amide bonds. The molecule has 0 unspecified atom stereocenters. The van der Waals surface area contributed by atoms with Crippen molar-refractivity contribution in [2.75, 3.05) is 18.4 Å². The number of nitrogens with zero attached hydrogens (tertiary/aromatic N) is 4. The minimum absolute atomic E-state index is 0.116. The number of benzene rings is 1. The van der Waals surface area contributed by atoms with Crippen LogP contribution in [-0.4, -0.2) is 51.0 Å². The summed E-state index contributed by atoms with van der Waals surface area (Å²) >= 11 is 0. The summed E-state index contributed by atoms with van der Waals surface area (Å²) in [7, 11) is 0.